The van der Waals surface area contributed by atoms with Crippen LogP contribution in [0.3, 0.4) is 0 Å². The summed E-state index contributed by atoms with van der Waals surface area (Å²) in [5.74, 6) is -0.360. The number of carbonyl (C=O) groups is 1. The molecule has 0 atom stereocenters. The molecule has 0 saturated carbocycles. The Kier molecular flexibility index (Phi) is 2.13. The third-order valence-electron chi connectivity index (χ3n) is 1.92. The lowest BCUT2D eigenvalue weighted by Crippen LogP contribution is -2.36. The average molecular weight is 164 g/mol. The van der Waals surface area contributed by atoms with Crippen molar-refractivity contribution in [2.75, 3.05) is 0 Å². The van der Waals surface area contributed by atoms with Crippen molar-refractivity contribution in [3.63, 3.8) is 0 Å². The van der Waals surface area contributed by atoms with E-state index in [4.69, 9.17) is 5.73 Å². The third-order valence-corrected chi connectivity index (χ3v) is 1.92. The molecule has 0 aliphatic rings. The van der Waals surface area contributed by atoms with Crippen LogP contribution in [0.2, 0.25) is 0 Å². The van der Waals surface area contributed by atoms with Gasteiger partial charge in [0.25, 0.3) is 0 Å². The van der Waals surface area contributed by atoms with E-state index in [0.717, 1.165) is 0 Å². The van der Waals surface area contributed by atoms with Gasteiger partial charge in [-0.3, -0.25) is 9.78 Å². The van der Waals surface area contributed by atoms with Crippen molar-refractivity contribution in [3.8, 4) is 0 Å². The number of carbonyl (C=O) groups excluding carboxylic acids is 1. The fraction of sp³-hybridized carbons (Fsp3) is 0.333. The summed E-state index contributed by atoms with van der Waals surface area (Å²) in [6.45, 7) is 3.52. The molecule has 1 aromatic rings. The summed E-state index contributed by atoms with van der Waals surface area (Å²) in [4.78, 5) is 15.1. The molecule has 3 nitrogen and oxygen atoms in total. The molecule has 0 unspecified atom stereocenters. The zero-order valence-corrected chi connectivity index (χ0v) is 7.24. The van der Waals surface area contributed by atoms with Crippen LogP contribution in [0.25, 0.3) is 0 Å². The molecule has 64 valence electrons. The Morgan fingerprint density at radius 2 is 2.17 bits per heavy atom. The van der Waals surface area contributed by atoms with E-state index in [-0.39, 0.29) is 5.91 Å². The van der Waals surface area contributed by atoms with Gasteiger partial charge in [0.2, 0.25) is 5.91 Å². The lowest BCUT2D eigenvalue weighted by atomic mass is 9.88. The molecule has 0 saturated heterocycles. The molecule has 12 heavy (non-hydrogen) atoms. The largest absolute Gasteiger partial charge is 0.369 e. The molecule has 2 N–H and O–H groups in total. The Bertz CT molecular complexity index is 280. The van der Waals surface area contributed by atoms with Crippen LogP contribution >= 0.6 is 0 Å². The van der Waals surface area contributed by atoms with Crippen molar-refractivity contribution < 1.29 is 4.79 Å². The third kappa shape index (κ3) is 1.44. The van der Waals surface area contributed by atoms with Crippen LogP contribution in [-0.2, 0) is 10.2 Å². The van der Waals surface area contributed by atoms with Gasteiger partial charge in [-0.05, 0) is 26.0 Å². The number of primary amides is 1. The van der Waals surface area contributed by atoms with Crippen molar-refractivity contribution in [1.29, 1.82) is 0 Å². The number of pyridine rings is 1. The summed E-state index contributed by atoms with van der Waals surface area (Å²) in [5, 5.41) is 0. The van der Waals surface area contributed by atoms with Gasteiger partial charge in [-0.2, -0.15) is 0 Å². The average Bonchev–Trinajstić information content (AvgIpc) is 2.06. The number of nitrogens with two attached hydrogens (primary N) is 1. The second kappa shape index (κ2) is 2.93. The van der Waals surface area contributed by atoms with Gasteiger partial charge in [0.15, 0.2) is 0 Å². The molecule has 1 aromatic heterocycles. The molecular weight excluding hydrogens is 152 g/mol. The molecule has 0 aromatic carbocycles. The summed E-state index contributed by atoms with van der Waals surface area (Å²) < 4.78 is 0. The molecule has 0 fully saturated rings. The van der Waals surface area contributed by atoms with Gasteiger partial charge < -0.3 is 5.73 Å². The van der Waals surface area contributed by atoms with E-state index in [1.807, 2.05) is 6.07 Å². The number of nitrogens with zero attached hydrogens (tertiary/aromatic N) is 1. The first-order valence-electron chi connectivity index (χ1n) is 3.76. The zero-order valence-electron chi connectivity index (χ0n) is 7.24. The Morgan fingerprint density at radius 1 is 1.50 bits per heavy atom. The normalized spacial score (nSPS) is 11.2. The summed E-state index contributed by atoms with van der Waals surface area (Å²) >= 11 is 0. The number of amides is 1. The summed E-state index contributed by atoms with van der Waals surface area (Å²) in [5.41, 5.74) is 5.25. The first-order chi connectivity index (χ1) is 5.55. The summed E-state index contributed by atoms with van der Waals surface area (Å²) in [6.07, 6.45) is 1.65. The molecule has 0 spiro atoms. The molecular formula is C9H12N2O. The van der Waals surface area contributed by atoms with E-state index in [1.165, 1.54) is 0 Å². The molecule has 3 heteroatoms. The molecule has 0 bridgehead atoms. The minimum atomic E-state index is -0.679. The van der Waals surface area contributed by atoms with Gasteiger partial charge in [0, 0.05) is 6.20 Å². The van der Waals surface area contributed by atoms with E-state index in [0.29, 0.717) is 5.69 Å². The molecule has 0 aliphatic carbocycles. The second-order valence-electron chi connectivity index (χ2n) is 3.20. The van der Waals surface area contributed by atoms with Crippen LogP contribution in [-0.4, -0.2) is 10.9 Å². The van der Waals surface area contributed by atoms with Crippen LogP contribution in [0.4, 0.5) is 0 Å². The minimum Gasteiger partial charge on any atom is -0.369 e. The summed E-state index contributed by atoms with van der Waals surface area (Å²) in [7, 11) is 0. The van der Waals surface area contributed by atoms with Crippen LogP contribution in [0.15, 0.2) is 24.4 Å². The standard InChI is InChI=1S/C9H12N2O/c1-9(2,8(10)12)7-5-3-4-6-11-7/h3-6H,1-2H3,(H2,10,12). The van der Waals surface area contributed by atoms with Gasteiger partial charge in [-0.15, -0.1) is 0 Å². The van der Waals surface area contributed by atoms with Gasteiger partial charge in [0.05, 0.1) is 11.1 Å². The monoisotopic (exact) mass is 164 g/mol. The lowest BCUT2D eigenvalue weighted by Gasteiger charge is -2.18. The van der Waals surface area contributed by atoms with Gasteiger partial charge >= 0.3 is 0 Å². The smallest absolute Gasteiger partial charge is 0.229 e. The molecule has 1 heterocycles. The topological polar surface area (TPSA) is 56.0 Å². The van der Waals surface area contributed by atoms with Crippen molar-refractivity contribution in [2.45, 2.75) is 19.3 Å². The van der Waals surface area contributed by atoms with E-state index in [9.17, 15) is 4.79 Å². The Hall–Kier alpha value is -1.38. The maximum Gasteiger partial charge on any atom is 0.229 e. The summed E-state index contributed by atoms with van der Waals surface area (Å²) in [6, 6.07) is 5.44. The highest BCUT2D eigenvalue weighted by Gasteiger charge is 2.28. The first kappa shape index (κ1) is 8.71. The number of hydrogen-bond donors (Lipinski definition) is 1. The van der Waals surface area contributed by atoms with Crippen LogP contribution in [0, 0.1) is 0 Å². The maximum absolute atomic E-state index is 11.0. The first-order valence-corrected chi connectivity index (χ1v) is 3.76. The highest BCUT2D eigenvalue weighted by atomic mass is 16.1. The number of hydrogen-bond acceptors (Lipinski definition) is 2. The van der Waals surface area contributed by atoms with E-state index < -0.39 is 5.41 Å². The SMILES string of the molecule is CC(C)(C(N)=O)c1ccccn1. The Morgan fingerprint density at radius 3 is 2.58 bits per heavy atom. The molecule has 0 radical (unpaired) electrons. The molecule has 1 rings (SSSR count). The minimum absolute atomic E-state index is 0.360. The quantitative estimate of drug-likeness (QED) is 0.704. The predicted molar refractivity (Wildman–Crippen MR) is 46.5 cm³/mol. The fourth-order valence-electron chi connectivity index (χ4n) is 0.859. The van der Waals surface area contributed by atoms with E-state index in [2.05, 4.69) is 4.98 Å². The lowest BCUT2D eigenvalue weighted by molar-refractivity contribution is -0.122. The zero-order chi connectivity index (χ0) is 9.19. The molecule has 1 amide bonds. The van der Waals surface area contributed by atoms with Gasteiger partial charge in [-0.25, -0.2) is 0 Å². The van der Waals surface area contributed by atoms with E-state index in [1.54, 1.807) is 32.2 Å². The highest BCUT2D eigenvalue weighted by Crippen LogP contribution is 2.19. The van der Waals surface area contributed by atoms with E-state index >= 15 is 0 Å². The molecule has 0 aliphatic heterocycles. The van der Waals surface area contributed by atoms with Crippen molar-refractivity contribution in [2.24, 2.45) is 5.73 Å². The predicted octanol–water partition coefficient (Wildman–Crippen LogP) is 0.845. The number of rotatable bonds is 2. The van der Waals surface area contributed by atoms with Crippen LogP contribution in [0.5, 0.6) is 0 Å². The van der Waals surface area contributed by atoms with Crippen molar-refractivity contribution in [3.05, 3.63) is 30.1 Å². The van der Waals surface area contributed by atoms with Gasteiger partial charge in [0.1, 0.15) is 0 Å². The van der Waals surface area contributed by atoms with Crippen molar-refractivity contribution in [1.82, 2.24) is 4.98 Å². The van der Waals surface area contributed by atoms with Gasteiger partial charge in [-0.1, -0.05) is 6.07 Å². The van der Waals surface area contributed by atoms with Crippen molar-refractivity contribution >= 4 is 5.91 Å². The Labute approximate surface area is 71.6 Å². The number of aromatic nitrogens is 1. The highest BCUT2D eigenvalue weighted by molar-refractivity contribution is 5.85. The maximum atomic E-state index is 11.0. The Balaban J connectivity index is 3.06. The van der Waals surface area contributed by atoms with Crippen LogP contribution < -0.4 is 5.73 Å². The van der Waals surface area contributed by atoms with Crippen LogP contribution in [0.1, 0.15) is 19.5 Å². The second-order valence-corrected chi connectivity index (χ2v) is 3.20. The fourth-order valence-corrected chi connectivity index (χ4v) is 0.859.